The Hall–Kier alpha value is -3.52. The van der Waals surface area contributed by atoms with Gasteiger partial charge in [-0.2, -0.15) is 0 Å². The molecule has 0 aromatic heterocycles. The summed E-state index contributed by atoms with van der Waals surface area (Å²) in [5.41, 5.74) is 5.01. The van der Waals surface area contributed by atoms with E-state index < -0.39 is 23.8 Å². The van der Waals surface area contributed by atoms with Gasteiger partial charge in [0, 0.05) is 31.7 Å². The molecule has 8 heteroatoms. The topological polar surface area (TPSA) is 108 Å². The number of amides is 4. The summed E-state index contributed by atoms with van der Waals surface area (Å²) in [5, 5.41) is 8.87. The summed E-state index contributed by atoms with van der Waals surface area (Å²) < 4.78 is 0. The second-order valence-corrected chi connectivity index (χ2v) is 7.77. The normalized spacial score (nSPS) is 20.3. The molecule has 3 N–H and O–H groups in total. The Morgan fingerprint density at radius 1 is 0.933 bits per heavy atom. The van der Waals surface area contributed by atoms with Crippen LogP contribution in [0.25, 0.3) is 0 Å². The van der Waals surface area contributed by atoms with Crippen LogP contribution < -0.4 is 16.0 Å². The average Bonchev–Trinajstić information content (AvgIpc) is 3.30. The highest BCUT2D eigenvalue weighted by molar-refractivity contribution is 6.23. The Balaban J connectivity index is 1.33. The van der Waals surface area contributed by atoms with Crippen molar-refractivity contribution in [2.24, 2.45) is 0 Å². The molecule has 4 amide bonds. The highest BCUT2D eigenvalue weighted by Gasteiger charge is 2.44. The lowest BCUT2D eigenvalue weighted by Crippen LogP contribution is -2.54. The van der Waals surface area contributed by atoms with Crippen LogP contribution in [0.1, 0.15) is 50.2 Å². The van der Waals surface area contributed by atoms with Gasteiger partial charge >= 0.3 is 0 Å². The van der Waals surface area contributed by atoms with Gasteiger partial charge in [-0.05, 0) is 47.4 Å². The zero-order valence-corrected chi connectivity index (χ0v) is 16.2. The third-order valence-electron chi connectivity index (χ3n) is 5.84. The summed E-state index contributed by atoms with van der Waals surface area (Å²) in [6.45, 7) is 2.25. The molecule has 30 heavy (non-hydrogen) atoms. The number of rotatable bonds is 4. The van der Waals surface area contributed by atoms with E-state index in [2.05, 4.69) is 28.1 Å². The van der Waals surface area contributed by atoms with E-state index in [0.717, 1.165) is 29.2 Å². The molecular formula is C22H20N4O4. The summed E-state index contributed by atoms with van der Waals surface area (Å²) in [6.07, 6.45) is 0.257. The third kappa shape index (κ3) is 3.05. The molecule has 8 nitrogen and oxygen atoms in total. The first-order valence-corrected chi connectivity index (χ1v) is 9.92. The van der Waals surface area contributed by atoms with Gasteiger partial charge in [-0.15, -0.1) is 0 Å². The van der Waals surface area contributed by atoms with Gasteiger partial charge in [0.2, 0.25) is 11.8 Å². The third-order valence-corrected chi connectivity index (χ3v) is 5.84. The number of hydrogen-bond donors (Lipinski definition) is 3. The van der Waals surface area contributed by atoms with Crippen molar-refractivity contribution in [3.8, 4) is 0 Å². The van der Waals surface area contributed by atoms with Gasteiger partial charge in [-0.3, -0.25) is 29.4 Å². The molecule has 0 saturated carbocycles. The van der Waals surface area contributed by atoms with E-state index in [1.165, 1.54) is 11.1 Å². The minimum atomic E-state index is -0.948. The van der Waals surface area contributed by atoms with Gasteiger partial charge in [-0.25, -0.2) is 0 Å². The van der Waals surface area contributed by atoms with Crippen LogP contribution >= 0.6 is 0 Å². The highest BCUT2D eigenvalue weighted by atomic mass is 16.2. The lowest BCUT2D eigenvalue weighted by atomic mass is 10.0. The van der Waals surface area contributed by atoms with Crippen molar-refractivity contribution in [2.45, 2.75) is 38.5 Å². The largest absolute Gasteiger partial charge is 0.381 e. The number of carbonyl (C=O) groups excluding carboxylic acids is 4. The fourth-order valence-electron chi connectivity index (χ4n) is 4.24. The van der Waals surface area contributed by atoms with Crippen LogP contribution in [0.3, 0.4) is 0 Å². The van der Waals surface area contributed by atoms with Crippen LogP contribution in [0.2, 0.25) is 0 Å². The maximum Gasteiger partial charge on any atom is 0.262 e. The van der Waals surface area contributed by atoms with E-state index in [1.807, 2.05) is 6.07 Å². The van der Waals surface area contributed by atoms with Crippen LogP contribution in [-0.4, -0.2) is 34.6 Å². The van der Waals surface area contributed by atoms with Crippen molar-refractivity contribution >= 4 is 29.3 Å². The Morgan fingerprint density at radius 2 is 1.73 bits per heavy atom. The molecule has 152 valence electrons. The Kier molecular flexibility index (Phi) is 4.36. The fraction of sp³-hybridized carbons (Fsp3) is 0.273. The lowest BCUT2D eigenvalue weighted by molar-refractivity contribution is -0.136. The van der Waals surface area contributed by atoms with E-state index in [1.54, 1.807) is 18.2 Å². The standard InChI is InChI=1S/C22H20N4O4/c27-19-6-5-18(20(28)25-19)26-21(29)16-4-1-12(7-17(16)22(26)30)9-24-15-3-2-13-10-23-11-14(13)8-15/h1-4,7-8,18,23-24H,5-6,9-11H2,(H,25,27,28). The van der Waals surface area contributed by atoms with Crippen LogP contribution in [0.4, 0.5) is 5.69 Å². The molecule has 3 heterocycles. The second kappa shape index (κ2) is 7.07. The molecule has 0 aliphatic carbocycles. The minimum Gasteiger partial charge on any atom is -0.381 e. The SMILES string of the molecule is O=C1CCC(N2C(=O)c3ccc(CNc4ccc5c(c4)CNC5)cc3C2=O)C(=O)N1. The van der Waals surface area contributed by atoms with Crippen LogP contribution in [0, 0.1) is 0 Å². The smallest absolute Gasteiger partial charge is 0.262 e. The van der Waals surface area contributed by atoms with Gasteiger partial charge in [0.15, 0.2) is 0 Å². The van der Waals surface area contributed by atoms with Crippen molar-refractivity contribution in [3.63, 3.8) is 0 Å². The second-order valence-electron chi connectivity index (χ2n) is 7.77. The zero-order chi connectivity index (χ0) is 20.8. The van der Waals surface area contributed by atoms with E-state index in [9.17, 15) is 19.2 Å². The number of nitrogens with zero attached hydrogens (tertiary/aromatic N) is 1. The van der Waals surface area contributed by atoms with E-state index in [4.69, 9.17) is 0 Å². The summed E-state index contributed by atoms with van der Waals surface area (Å²) in [7, 11) is 0. The number of piperidine rings is 1. The Morgan fingerprint density at radius 3 is 2.57 bits per heavy atom. The first-order valence-electron chi connectivity index (χ1n) is 9.92. The van der Waals surface area contributed by atoms with Crippen LogP contribution in [-0.2, 0) is 29.2 Å². The number of nitrogens with one attached hydrogen (secondary N) is 3. The predicted octanol–water partition coefficient (Wildman–Crippen LogP) is 1.30. The minimum absolute atomic E-state index is 0.106. The molecule has 5 rings (SSSR count). The lowest BCUT2D eigenvalue weighted by Gasteiger charge is -2.27. The fourth-order valence-corrected chi connectivity index (χ4v) is 4.24. The molecule has 1 fully saturated rings. The summed E-state index contributed by atoms with van der Waals surface area (Å²) >= 11 is 0. The van der Waals surface area contributed by atoms with E-state index in [-0.39, 0.29) is 24.3 Å². The van der Waals surface area contributed by atoms with E-state index >= 15 is 0 Å². The highest BCUT2D eigenvalue weighted by Crippen LogP contribution is 2.28. The first kappa shape index (κ1) is 18.5. The molecule has 3 aliphatic heterocycles. The number of anilines is 1. The van der Waals surface area contributed by atoms with Gasteiger partial charge in [0.1, 0.15) is 6.04 Å². The Labute approximate surface area is 172 Å². The maximum atomic E-state index is 12.9. The molecule has 1 saturated heterocycles. The average molecular weight is 404 g/mol. The van der Waals surface area contributed by atoms with Crippen molar-refractivity contribution in [2.75, 3.05) is 5.32 Å². The molecule has 0 radical (unpaired) electrons. The number of fused-ring (bicyclic) bond motifs is 2. The number of benzene rings is 2. The molecular weight excluding hydrogens is 384 g/mol. The summed E-state index contributed by atoms with van der Waals surface area (Å²) in [6, 6.07) is 10.4. The monoisotopic (exact) mass is 404 g/mol. The quantitative estimate of drug-likeness (QED) is 0.663. The van der Waals surface area contributed by atoms with Gasteiger partial charge in [0.25, 0.3) is 11.8 Å². The van der Waals surface area contributed by atoms with Crippen molar-refractivity contribution < 1.29 is 19.2 Å². The number of imide groups is 2. The van der Waals surface area contributed by atoms with Gasteiger partial charge in [0.05, 0.1) is 11.1 Å². The summed E-state index contributed by atoms with van der Waals surface area (Å²) in [5.74, 6) is -1.97. The first-order chi connectivity index (χ1) is 14.5. The van der Waals surface area contributed by atoms with Crippen molar-refractivity contribution in [1.29, 1.82) is 0 Å². The zero-order valence-electron chi connectivity index (χ0n) is 16.2. The molecule has 0 spiro atoms. The molecule has 2 aromatic carbocycles. The maximum absolute atomic E-state index is 12.9. The number of carbonyl (C=O) groups is 4. The summed E-state index contributed by atoms with van der Waals surface area (Å²) in [4.78, 5) is 50.2. The van der Waals surface area contributed by atoms with Gasteiger partial charge < -0.3 is 10.6 Å². The van der Waals surface area contributed by atoms with Gasteiger partial charge in [-0.1, -0.05) is 12.1 Å². The molecule has 0 bridgehead atoms. The number of hydrogen-bond acceptors (Lipinski definition) is 6. The van der Waals surface area contributed by atoms with Crippen LogP contribution in [0.5, 0.6) is 0 Å². The van der Waals surface area contributed by atoms with Crippen LogP contribution in [0.15, 0.2) is 36.4 Å². The van der Waals surface area contributed by atoms with Crippen molar-refractivity contribution in [1.82, 2.24) is 15.5 Å². The molecule has 1 atom stereocenters. The molecule has 3 aliphatic rings. The molecule has 1 unspecified atom stereocenters. The Bertz CT molecular complexity index is 1110. The molecule has 2 aromatic rings. The predicted molar refractivity (Wildman–Crippen MR) is 107 cm³/mol. The van der Waals surface area contributed by atoms with Crippen molar-refractivity contribution in [3.05, 3.63) is 64.2 Å². The van der Waals surface area contributed by atoms with E-state index in [0.29, 0.717) is 12.1 Å².